The number of aryl methyl sites for hydroxylation is 1. The summed E-state index contributed by atoms with van der Waals surface area (Å²) in [7, 11) is -2.24. The van der Waals surface area contributed by atoms with Crippen LogP contribution in [0, 0.1) is 12.3 Å². The molecule has 0 aliphatic carbocycles. The third-order valence-electron chi connectivity index (χ3n) is 6.43. The molecule has 0 saturated heterocycles. The number of carbonyl (C=O) groups is 1. The summed E-state index contributed by atoms with van der Waals surface area (Å²) in [6.07, 6.45) is 0.642. The summed E-state index contributed by atoms with van der Waals surface area (Å²) >= 11 is 0. The number of anilines is 1. The second-order valence-corrected chi connectivity index (χ2v) is 10.7. The highest BCUT2D eigenvalue weighted by Crippen LogP contribution is 2.35. The van der Waals surface area contributed by atoms with Gasteiger partial charge in [0.1, 0.15) is 11.5 Å². The molecule has 10 heteroatoms. The van der Waals surface area contributed by atoms with E-state index in [1.807, 2.05) is 31.2 Å². The summed E-state index contributed by atoms with van der Waals surface area (Å²) in [6, 6.07) is 21.3. The molecular formula is C27H26N6O3S. The highest BCUT2D eigenvalue weighted by Gasteiger charge is 2.29. The van der Waals surface area contributed by atoms with Crippen molar-refractivity contribution in [3.63, 3.8) is 0 Å². The van der Waals surface area contributed by atoms with E-state index in [4.69, 9.17) is 11.1 Å². The van der Waals surface area contributed by atoms with Crippen molar-refractivity contribution in [3.05, 3.63) is 95.3 Å². The third-order valence-corrected chi connectivity index (χ3v) is 7.90. The normalized spacial score (nSPS) is 13.0. The number of amidine groups is 1. The molecule has 2 heterocycles. The zero-order valence-electron chi connectivity index (χ0n) is 20.4. The van der Waals surface area contributed by atoms with Gasteiger partial charge in [0.05, 0.1) is 16.3 Å². The number of rotatable bonds is 6. The molecule has 1 aromatic heterocycles. The minimum atomic E-state index is -3.63. The fourth-order valence-corrected chi connectivity index (χ4v) is 5.57. The minimum Gasteiger partial charge on any atom is -0.384 e. The zero-order chi connectivity index (χ0) is 26.3. The summed E-state index contributed by atoms with van der Waals surface area (Å²) in [5.41, 5.74) is 11.0. The topological polar surface area (TPSA) is 134 Å². The summed E-state index contributed by atoms with van der Waals surface area (Å²) in [4.78, 5) is 15.6. The van der Waals surface area contributed by atoms with Gasteiger partial charge in [0.25, 0.3) is 5.91 Å². The number of aromatic nitrogens is 2. The van der Waals surface area contributed by atoms with Gasteiger partial charge in [-0.25, -0.2) is 17.8 Å². The molecule has 1 aliphatic heterocycles. The Balaban J connectivity index is 1.51. The first-order chi connectivity index (χ1) is 17.7. The van der Waals surface area contributed by atoms with E-state index in [9.17, 15) is 13.2 Å². The van der Waals surface area contributed by atoms with E-state index in [1.165, 1.54) is 7.05 Å². The molecule has 9 nitrogen and oxygen atoms in total. The number of carbonyl (C=O) groups excluding carboxylic acids is 1. The minimum absolute atomic E-state index is 0.0630. The summed E-state index contributed by atoms with van der Waals surface area (Å²) < 4.78 is 29.1. The zero-order valence-corrected chi connectivity index (χ0v) is 21.2. The van der Waals surface area contributed by atoms with Crippen molar-refractivity contribution in [2.24, 2.45) is 5.73 Å². The van der Waals surface area contributed by atoms with E-state index in [0.29, 0.717) is 41.2 Å². The predicted molar refractivity (Wildman–Crippen MR) is 143 cm³/mol. The second-order valence-electron chi connectivity index (χ2n) is 8.80. The van der Waals surface area contributed by atoms with Gasteiger partial charge in [0.2, 0.25) is 10.0 Å². The Morgan fingerprint density at radius 2 is 1.84 bits per heavy atom. The first-order valence-electron chi connectivity index (χ1n) is 11.7. The molecule has 0 saturated carbocycles. The summed E-state index contributed by atoms with van der Waals surface area (Å²) in [5, 5.41) is 12.2. The number of benzene rings is 3. The number of nitrogens with one attached hydrogen (secondary N) is 2. The van der Waals surface area contributed by atoms with E-state index in [-0.39, 0.29) is 16.6 Å². The first-order valence-corrected chi connectivity index (χ1v) is 13.2. The van der Waals surface area contributed by atoms with Gasteiger partial charge in [-0.05, 0) is 67.9 Å². The molecule has 4 N–H and O–H groups in total. The molecule has 3 aromatic carbocycles. The molecule has 188 valence electrons. The van der Waals surface area contributed by atoms with Crippen LogP contribution in [0.25, 0.3) is 16.8 Å². The number of amides is 1. The molecule has 0 spiro atoms. The van der Waals surface area contributed by atoms with Crippen LogP contribution in [0.4, 0.5) is 5.69 Å². The van der Waals surface area contributed by atoms with Crippen LogP contribution in [-0.4, -0.2) is 43.5 Å². The van der Waals surface area contributed by atoms with Crippen molar-refractivity contribution in [1.82, 2.24) is 14.5 Å². The number of fused-ring (bicyclic) bond motifs is 1. The third kappa shape index (κ3) is 4.41. The molecule has 0 bridgehead atoms. The molecule has 0 radical (unpaired) electrons. The smallest absolute Gasteiger partial charge is 0.277 e. The van der Waals surface area contributed by atoms with E-state index >= 15 is 0 Å². The molecule has 1 amide bonds. The quantitative estimate of drug-likeness (QED) is 0.268. The van der Waals surface area contributed by atoms with Gasteiger partial charge in [0, 0.05) is 23.4 Å². The Morgan fingerprint density at radius 1 is 1.05 bits per heavy atom. The standard InChI is InChI=1S/C27H26N6O3S/c1-17-14-24(33(31-17)21-7-5-6-20(16-21)26(28)29)27(34)32-13-12-19-15-18(10-11-23(19)32)22-8-3-4-9-25(22)37(35,36)30-2/h3-11,14-16,30H,12-13H2,1-2H3,(H3,28,29). The number of nitrogens with two attached hydrogens (primary N) is 1. The van der Waals surface area contributed by atoms with Crippen LogP contribution in [0.1, 0.15) is 27.3 Å². The average molecular weight is 515 g/mol. The number of nitrogen functional groups attached to an aromatic ring is 1. The Morgan fingerprint density at radius 3 is 2.59 bits per heavy atom. The fraction of sp³-hybridized carbons (Fsp3) is 0.148. The van der Waals surface area contributed by atoms with Crippen molar-refractivity contribution >= 4 is 27.5 Å². The predicted octanol–water partition coefficient (Wildman–Crippen LogP) is 3.24. The van der Waals surface area contributed by atoms with Crippen LogP contribution < -0.4 is 15.4 Å². The lowest BCUT2D eigenvalue weighted by Gasteiger charge is -2.19. The van der Waals surface area contributed by atoms with E-state index in [1.54, 1.807) is 58.1 Å². The second kappa shape index (κ2) is 9.30. The SMILES string of the molecule is CNS(=O)(=O)c1ccccc1-c1ccc2c(c1)CCN2C(=O)c1cc(C)nn1-c1cccc(C(=N)N)c1. The van der Waals surface area contributed by atoms with Gasteiger partial charge < -0.3 is 10.6 Å². The van der Waals surface area contributed by atoms with Crippen LogP contribution >= 0.6 is 0 Å². The van der Waals surface area contributed by atoms with Crippen molar-refractivity contribution < 1.29 is 13.2 Å². The van der Waals surface area contributed by atoms with Gasteiger partial charge in [-0.2, -0.15) is 5.10 Å². The average Bonchev–Trinajstić information content (AvgIpc) is 3.51. The number of hydrogen-bond acceptors (Lipinski definition) is 5. The van der Waals surface area contributed by atoms with Crippen LogP contribution in [-0.2, 0) is 16.4 Å². The first kappa shape index (κ1) is 24.4. The van der Waals surface area contributed by atoms with Crippen molar-refractivity contribution in [3.8, 4) is 16.8 Å². The van der Waals surface area contributed by atoms with Gasteiger partial charge in [-0.3, -0.25) is 10.2 Å². The fourth-order valence-electron chi connectivity index (χ4n) is 4.62. The molecule has 4 aromatic rings. The summed E-state index contributed by atoms with van der Waals surface area (Å²) in [6.45, 7) is 2.31. The van der Waals surface area contributed by atoms with Crippen LogP contribution in [0.2, 0.25) is 0 Å². The van der Waals surface area contributed by atoms with Gasteiger partial charge in [0.15, 0.2) is 0 Å². The maximum Gasteiger partial charge on any atom is 0.277 e. The largest absolute Gasteiger partial charge is 0.384 e. The molecular weight excluding hydrogens is 488 g/mol. The molecule has 37 heavy (non-hydrogen) atoms. The Kier molecular flexibility index (Phi) is 6.14. The highest BCUT2D eigenvalue weighted by molar-refractivity contribution is 7.89. The van der Waals surface area contributed by atoms with E-state index in [2.05, 4.69) is 9.82 Å². The Bertz CT molecular complexity index is 1660. The number of hydrogen-bond donors (Lipinski definition) is 3. The lowest BCUT2D eigenvalue weighted by Crippen LogP contribution is -2.30. The maximum absolute atomic E-state index is 13.7. The van der Waals surface area contributed by atoms with E-state index in [0.717, 1.165) is 16.8 Å². The monoisotopic (exact) mass is 514 g/mol. The lowest BCUT2D eigenvalue weighted by atomic mass is 10.0. The van der Waals surface area contributed by atoms with Gasteiger partial charge >= 0.3 is 0 Å². The van der Waals surface area contributed by atoms with Gasteiger partial charge in [-0.1, -0.05) is 36.4 Å². The van der Waals surface area contributed by atoms with Crippen LogP contribution in [0.5, 0.6) is 0 Å². The van der Waals surface area contributed by atoms with Crippen molar-refractivity contribution in [2.75, 3.05) is 18.5 Å². The molecule has 0 atom stereocenters. The highest BCUT2D eigenvalue weighted by atomic mass is 32.2. The molecule has 0 unspecified atom stereocenters. The Hall–Kier alpha value is -4.28. The van der Waals surface area contributed by atoms with Crippen molar-refractivity contribution in [2.45, 2.75) is 18.2 Å². The molecule has 1 aliphatic rings. The molecule has 0 fully saturated rings. The summed E-state index contributed by atoms with van der Waals surface area (Å²) in [5.74, 6) is -0.259. The van der Waals surface area contributed by atoms with Crippen LogP contribution in [0.15, 0.2) is 77.7 Å². The number of sulfonamides is 1. The van der Waals surface area contributed by atoms with Gasteiger partial charge in [-0.15, -0.1) is 0 Å². The maximum atomic E-state index is 13.7. The number of nitrogens with zero attached hydrogens (tertiary/aromatic N) is 3. The Labute approximate surface area is 215 Å². The van der Waals surface area contributed by atoms with Crippen molar-refractivity contribution in [1.29, 1.82) is 5.41 Å². The van der Waals surface area contributed by atoms with Crippen LogP contribution in [0.3, 0.4) is 0 Å². The lowest BCUT2D eigenvalue weighted by molar-refractivity contribution is 0.0982. The van der Waals surface area contributed by atoms with E-state index < -0.39 is 10.0 Å². The molecule has 5 rings (SSSR count).